The molecule has 0 bridgehead atoms. The van der Waals surface area contributed by atoms with E-state index in [4.69, 9.17) is 17.3 Å². The molecule has 2 nitrogen and oxygen atoms in total. The molecule has 0 spiro atoms. The van der Waals surface area contributed by atoms with Crippen molar-refractivity contribution in [3.63, 3.8) is 0 Å². The molecule has 0 saturated heterocycles. The predicted molar refractivity (Wildman–Crippen MR) is 74.6 cm³/mol. The van der Waals surface area contributed by atoms with Gasteiger partial charge in [0, 0.05) is 24.2 Å². The van der Waals surface area contributed by atoms with Crippen molar-refractivity contribution in [2.75, 3.05) is 0 Å². The van der Waals surface area contributed by atoms with Crippen LogP contribution in [-0.4, -0.2) is 10.6 Å². The number of hydrogen-bond donors (Lipinski definition) is 1. The lowest BCUT2D eigenvalue weighted by molar-refractivity contribution is 0.664. The van der Waals surface area contributed by atoms with E-state index in [-0.39, 0.29) is 6.04 Å². The molecule has 0 radical (unpaired) electrons. The number of fused-ring (bicyclic) bond motifs is 1. The first kappa shape index (κ1) is 12.5. The van der Waals surface area contributed by atoms with Gasteiger partial charge in [-0.2, -0.15) is 0 Å². The summed E-state index contributed by atoms with van der Waals surface area (Å²) in [5.41, 5.74) is 9.63. The summed E-state index contributed by atoms with van der Waals surface area (Å²) in [5, 5.41) is 2.08. The third-order valence-corrected chi connectivity index (χ3v) is 3.74. The van der Waals surface area contributed by atoms with Gasteiger partial charge in [-0.3, -0.25) is 0 Å². The van der Waals surface area contributed by atoms with E-state index in [1.54, 1.807) is 0 Å². The number of aromatic nitrogens is 1. The molecular formula is C14H19ClN2. The highest BCUT2D eigenvalue weighted by Gasteiger charge is 2.13. The van der Waals surface area contributed by atoms with Gasteiger partial charge < -0.3 is 10.3 Å². The molecular weight excluding hydrogens is 232 g/mol. The molecule has 0 fully saturated rings. The summed E-state index contributed by atoms with van der Waals surface area (Å²) in [4.78, 5) is 0. The fourth-order valence-electron chi connectivity index (χ4n) is 2.35. The van der Waals surface area contributed by atoms with E-state index < -0.39 is 0 Å². The van der Waals surface area contributed by atoms with Crippen LogP contribution in [0.1, 0.15) is 24.6 Å². The molecule has 2 aromatic rings. The second-order valence-electron chi connectivity index (χ2n) is 4.77. The monoisotopic (exact) mass is 250 g/mol. The topological polar surface area (TPSA) is 30.9 Å². The van der Waals surface area contributed by atoms with E-state index in [1.165, 1.54) is 16.6 Å². The highest BCUT2D eigenvalue weighted by Crippen LogP contribution is 2.31. The molecule has 1 unspecified atom stereocenters. The molecule has 1 heterocycles. The second-order valence-corrected chi connectivity index (χ2v) is 5.18. The van der Waals surface area contributed by atoms with Crippen LogP contribution in [0, 0.1) is 6.92 Å². The van der Waals surface area contributed by atoms with Crippen molar-refractivity contribution in [2.24, 2.45) is 12.8 Å². The van der Waals surface area contributed by atoms with Gasteiger partial charge in [0.15, 0.2) is 0 Å². The highest BCUT2D eigenvalue weighted by atomic mass is 35.5. The summed E-state index contributed by atoms with van der Waals surface area (Å²) in [5.74, 6) is 0. The van der Waals surface area contributed by atoms with Crippen molar-refractivity contribution in [3.05, 3.63) is 34.5 Å². The van der Waals surface area contributed by atoms with Crippen LogP contribution in [0.3, 0.4) is 0 Å². The quantitative estimate of drug-likeness (QED) is 0.889. The lowest BCUT2D eigenvalue weighted by Crippen LogP contribution is -2.15. The number of rotatable bonds is 3. The molecule has 0 amide bonds. The average Bonchev–Trinajstić information content (AvgIpc) is 2.51. The maximum atomic E-state index is 6.26. The number of nitrogens with two attached hydrogens (primary N) is 1. The van der Waals surface area contributed by atoms with Gasteiger partial charge in [-0.1, -0.05) is 23.7 Å². The van der Waals surface area contributed by atoms with Crippen molar-refractivity contribution in [2.45, 2.75) is 32.7 Å². The van der Waals surface area contributed by atoms with Crippen LogP contribution in [0.15, 0.2) is 18.2 Å². The van der Waals surface area contributed by atoms with Crippen molar-refractivity contribution >= 4 is 22.5 Å². The van der Waals surface area contributed by atoms with Gasteiger partial charge in [0.25, 0.3) is 0 Å². The van der Waals surface area contributed by atoms with Crippen LogP contribution in [0.2, 0.25) is 5.02 Å². The number of aryl methyl sites for hydroxylation is 2. The van der Waals surface area contributed by atoms with E-state index in [2.05, 4.69) is 24.6 Å². The minimum Gasteiger partial charge on any atom is -0.346 e. The van der Waals surface area contributed by atoms with E-state index >= 15 is 0 Å². The first-order valence-electron chi connectivity index (χ1n) is 6.00. The Kier molecular flexibility index (Phi) is 3.45. The van der Waals surface area contributed by atoms with Crippen LogP contribution in [0.5, 0.6) is 0 Å². The number of nitrogens with zero attached hydrogens (tertiary/aromatic N) is 1. The Morgan fingerprint density at radius 2 is 2.12 bits per heavy atom. The summed E-state index contributed by atoms with van der Waals surface area (Å²) >= 11 is 6.26. The summed E-state index contributed by atoms with van der Waals surface area (Å²) < 4.78 is 2.17. The molecule has 1 atom stereocenters. The van der Waals surface area contributed by atoms with Crippen LogP contribution in [0.25, 0.3) is 10.9 Å². The van der Waals surface area contributed by atoms with E-state index in [0.29, 0.717) is 0 Å². The lowest BCUT2D eigenvalue weighted by Gasteiger charge is -2.05. The Morgan fingerprint density at radius 1 is 1.41 bits per heavy atom. The summed E-state index contributed by atoms with van der Waals surface area (Å²) in [6.45, 7) is 4.19. The Balaban J connectivity index is 2.55. The number of para-hydroxylation sites is 1. The maximum absolute atomic E-state index is 6.26. The minimum atomic E-state index is 0.240. The van der Waals surface area contributed by atoms with Gasteiger partial charge in [-0.15, -0.1) is 0 Å². The van der Waals surface area contributed by atoms with Gasteiger partial charge in [0.05, 0.1) is 10.5 Å². The molecule has 1 aromatic carbocycles. The molecule has 92 valence electrons. The number of benzene rings is 1. The first-order chi connectivity index (χ1) is 8.02. The largest absolute Gasteiger partial charge is 0.346 e. The van der Waals surface area contributed by atoms with Crippen LogP contribution in [0.4, 0.5) is 0 Å². The van der Waals surface area contributed by atoms with Gasteiger partial charge in [0.1, 0.15) is 0 Å². The zero-order chi connectivity index (χ0) is 12.6. The summed E-state index contributed by atoms with van der Waals surface area (Å²) in [7, 11) is 2.07. The molecule has 0 aliphatic heterocycles. The Hall–Kier alpha value is -0.990. The Labute approximate surface area is 107 Å². The lowest BCUT2D eigenvalue weighted by atomic mass is 10.0. The van der Waals surface area contributed by atoms with Gasteiger partial charge in [-0.05, 0) is 38.3 Å². The SMILES string of the molecule is Cc1c(CCC(C)N)c2cccc(Cl)c2n1C. The van der Waals surface area contributed by atoms with Crippen LogP contribution >= 0.6 is 11.6 Å². The number of hydrogen-bond acceptors (Lipinski definition) is 1. The Bertz CT molecular complexity index is 541. The van der Waals surface area contributed by atoms with E-state index in [0.717, 1.165) is 23.4 Å². The zero-order valence-electron chi connectivity index (χ0n) is 10.6. The van der Waals surface area contributed by atoms with E-state index in [9.17, 15) is 0 Å². The fourth-order valence-corrected chi connectivity index (χ4v) is 2.65. The minimum absolute atomic E-state index is 0.240. The molecule has 0 aliphatic rings. The van der Waals surface area contributed by atoms with E-state index in [1.807, 2.05) is 19.1 Å². The van der Waals surface area contributed by atoms with Crippen molar-refractivity contribution in [1.82, 2.24) is 4.57 Å². The predicted octanol–water partition coefficient (Wildman–Crippen LogP) is 3.42. The normalized spacial score (nSPS) is 13.2. The molecule has 0 aliphatic carbocycles. The van der Waals surface area contributed by atoms with Gasteiger partial charge in [-0.25, -0.2) is 0 Å². The smallest absolute Gasteiger partial charge is 0.0672 e. The van der Waals surface area contributed by atoms with Crippen LogP contribution < -0.4 is 5.73 Å². The fraction of sp³-hybridized carbons (Fsp3) is 0.429. The average molecular weight is 251 g/mol. The molecule has 0 saturated carbocycles. The third-order valence-electron chi connectivity index (χ3n) is 3.44. The number of halogens is 1. The van der Waals surface area contributed by atoms with Crippen molar-refractivity contribution in [3.8, 4) is 0 Å². The van der Waals surface area contributed by atoms with Gasteiger partial charge >= 0.3 is 0 Å². The standard InChI is InChI=1S/C14H19ClN2/c1-9(16)7-8-11-10(2)17(3)14-12(11)5-4-6-13(14)15/h4-6,9H,7-8,16H2,1-3H3. The first-order valence-corrected chi connectivity index (χ1v) is 6.38. The molecule has 17 heavy (non-hydrogen) atoms. The van der Waals surface area contributed by atoms with Crippen LogP contribution in [-0.2, 0) is 13.5 Å². The molecule has 3 heteroatoms. The maximum Gasteiger partial charge on any atom is 0.0672 e. The molecule has 2 rings (SSSR count). The third kappa shape index (κ3) is 2.20. The summed E-state index contributed by atoms with van der Waals surface area (Å²) in [6.07, 6.45) is 2.02. The van der Waals surface area contributed by atoms with Crippen molar-refractivity contribution < 1.29 is 0 Å². The highest BCUT2D eigenvalue weighted by molar-refractivity contribution is 6.35. The zero-order valence-corrected chi connectivity index (χ0v) is 11.4. The molecule has 2 N–H and O–H groups in total. The van der Waals surface area contributed by atoms with Crippen molar-refractivity contribution in [1.29, 1.82) is 0 Å². The Morgan fingerprint density at radius 3 is 2.76 bits per heavy atom. The molecule has 1 aromatic heterocycles. The summed E-state index contributed by atoms with van der Waals surface area (Å²) in [6, 6.07) is 6.34. The van der Waals surface area contributed by atoms with Gasteiger partial charge in [0.2, 0.25) is 0 Å². The second kappa shape index (κ2) is 4.71.